The van der Waals surface area contributed by atoms with Crippen molar-refractivity contribution in [2.45, 2.75) is 32.2 Å². The first-order chi connectivity index (χ1) is 11.2. The third-order valence-corrected chi connectivity index (χ3v) is 5.25. The molecule has 1 aliphatic rings. The van der Waals surface area contributed by atoms with Gasteiger partial charge in [0.1, 0.15) is 0 Å². The van der Waals surface area contributed by atoms with E-state index in [1.807, 2.05) is 36.2 Å². The second kappa shape index (κ2) is 7.59. The van der Waals surface area contributed by atoms with Gasteiger partial charge in [0.05, 0.1) is 5.69 Å². The fourth-order valence-corrected chi connectivity index (χ4v) is 3.89. The Balaban J connectivity index is 1.47. The molecule has 2 aromatic heterocycles. The normalized spacial score (nSPS) is 17.0. The van der Waals surface area contributed by atoms with E-state index in [-0.39, 0.29) is 5.92 Å². The number of likely N-dealkylation sites (tertiary alicyclic amines) is 1. The fraction of sp³-hybridized carbons (Fsp3) is 0.444. The molecular formula is C18H23N3OS. The zero-order valence-electron chi connectivity index (χ0n) is 13.4. The zero-order valence-corrected chi connectivity index (χ0v) is 14.3. The molecule has 1 amide bonds. The van der Waals surface area contributed by atoms with Gasteiger partial charge in [0.25, 0.3) is 0 Å². The summed E-state index contributed by atoms with van der Waals surface area (Å²) in [5.41, 5.74) is 1.06. The number of hydrogen-bond donors (Lipinski definition) is 1. The molecule has 4 nitrogen and oxygen atoms in total. The van der Waals surface area contributed by atoms with Gasteiger partial charge < -0.3 is 10.2 Å². The zero-order chi connectivity index (χ0) is 16.1. The van der Waals surface area contributed by atoms with E-state index in [0.29, 0.717) is 11.9 Å². The lowest BCUT2D eigenvalue weighted by molar-refractivity contribution is -0.135. The summed E-state index contributed by atoms with van der Waals surface area (Å²) in [6, 6.07) is 8.56. The van der Waals surface area contributed by atoms with Gasteiger partial charge in [0.2, 0.25) is 5.91 Å². The number of thiophene rings is 1. The molecule has 0 saturated carbocycles. The molecule has 2 aromatic rings. The van der Waals surface area contributed by atoms with Crippen LogP contribution in [0, 0.1) is 5.92 Å². The lowest BCUT2D eigenvalue weighted by Crippen LogP contribution is -2.44. The third kappa shape index (κ3) is 4.32. The minimum absolute atomic E-state index is 0.0662. The summed E-state index contributed by atoms with van der Waals surface area (Å²) in [4.78, 5) is 20.0. The van der Waals surface area contributed by atoms with Crippen LogP contribution in [0.3, 0.4) is 0 Å². The predicted molar refractivity (Wildman–Crippen MR) is 94.6 cm³/mol. The molecule has 3 heterocycles. The van der Waals surface area contributed by atoms with E-state index in [4.69, 9.17) is 0 Å². The van der Waals surface area contributed by atoms with Gasteiger partial charge in [0.15, 0.2) is 0 Å². The average Bonchev–Trinajstić information content (AvgIpc) is 3.09. The summed E-state index contributed by atoms with van der Waals surface area (Å²) in [5.74, 6) is 0.356. The van der Waals surface area contributed by atoms with Crippen LogP contribution in [0.5, 0.6) is 0 Å². The molecule has 0 unspecified atom stereocenters. The number of rotatable bonds is 5. The van der Waals surface area contributed by atoms with Crippen LogP contribution < -0.4 is 5.32 Å². The van der Waals surface area contributed by atoms with Crippen molar-refractivity contribution < 1.29 is 4.79 Å². The van der Waals surface area contributed by atoms with Crippen molar-refractivity contribution >= 4 is 22.9 Å². The van der Waals surface area contributed by atoms with Crippen molar-refractivity contribution in [2.75, 3.05) is 18.4 Å². The largest absolute Gasteiger partial charge is 0.381 e. The van der Waals surface area contributed by atoms with E-state index in [0.717, 1.165) is 38.0 Å². The molecule has 0 bridgehead atoms. The van der Waals surface area contributed by atoms with Gasteiger partial charge in [-0.15, -0.1) is 11.3 Å². The van der Waals surface area contributed by atoms with Crippen molar-refractivity contribution in [1.82, 2.24) is 9.88 Å². The highest BCUT2D eigenvalue weighted by molar-refractivity contribution is 7.09. The molecule has 1 fully saturated rings. The number of carbonyl (C=O) groups excluding carboxylic acids is 1. The minimum Gasteiger partial charge on any atom is -0.381 e. The molecule has 0 spiro atoms. The molecule has 3 rings (SSSR count). The molecule has 1 N–H and O–H groups in total. The molecule has 23 heavy (non-hydrogen) atoms. The first-order valence-corrected chi connectivity index (χ1v) is 9.08. The number of anilines is 1. The maximum Gasteiger partial charge on any atom is 0.225 e. The number of piperidine rings is 1. The molecule has 1 saturated heterocycles. The van der Waals surface area contributed by atoms with Gasteiger partial charge in [-0.3, -0.25) is 9.78 Å². The molecule has 0 aliphatic carbocycles. The van der Waals surface area contributed by atoms with Crippen molar-refractivity contribution in [3.8, 4) is 0 Å². The lowest BCUT2D eigenvalue weighted by atomic mass is 10.0. The second-order valence-corrected chi connectivity index (χ2v) is 7.20. The average molecular weight is 329 g/mol. The number of aromatic nitrogens is 1. The summed E-state index contributed by atoms with van der Waals surface area (Å²) in [5, 5.41) is 5.58. The third-order valence-electron chi connectivity index (χ3n) is 4.35. The van der Waals surface area contributed by atoms with Crippen molar-refractivity contribution in [3.05, 3.63) is 46.9 Å². The van der Waals surface area contributed by atoms with Gasteiger partial charge in [-0.25, -0.2) is 0 Å². The fourth-order valence-electron chi connectivity index (χ4n) is 3.06. The number of carbonyl (C=O) groups is 1. The van der Waals surface area contributed by atoms with Crippen LogP contribution in [0.2, 0.25) is 0 Å². The van der Waals surface area contributed by atoms with Crippen LogP contribution >= 0.6 is 11.3 Å². The summed E-state index contributed by atoms with van der Waals surface area (Å²) in [7, 11) is 0. The number of pyridine rings is 1. The Morgan fingerprint density at radius 3 is 2.87 bits per heavy atom. The summed E-state index contributed by atoms with van der Waals surface area (Å²) >= 11 is 1.73. The first-order valence-electron chi connectivity index (χ1n) is 8.20. The molecule has 0 aromatic carbocycles. The molecule has 1 atom stereocenters. The van der Waals surface area contributed by atoms with Crippen LogP contribution in [-0.4, -0.2) is 34.9 Å². The Morgan fingerprint density at radius 2 is 2.22 bits per heavy atom. The first kappa shape index (κ1) is 16.0. The van der Waals surface area contributed by atoms with Gasteiger partial charge in [-0.05, 0) is 42.8 Å². The molecular weight excluding hydrogens is 306 g/mol. The highest BCUT2D eigenvalue weighted by atomic mass is 32.1. The van der Waals surface area contributed by atoms with Gasteiger partial charge in [-0.1, -0.05) is 13.0 Å². The number of nitrogens with one attached hydrogen (secondary N) is 1. The minimum atomic E-state index is 0.0662. The van der Waals surface area contributed by atoms with Crippen molar-refractivity contribution in [2.24, 2.45) is 5.92 Å². The van der Waals surface area contributed by atoms with E-state index in [9.17, 15) is 4.79 Å². The number of hydrogen-bond acceptors (Lipinski definition) is 4. The topological polar surface area (TPSA) is 45.2 Å². The van der Waals surface area contributed by atoms with Crippen molar-refractivity contribution in [3.63, 3.8) is 0 Å². The van der Waals surface area contributed by atoms with Crippen LogP contribution in [0.15, 0.2) is 42.0 Å². The number of amides is 1. The highest BCUT2D eigenvalue weighted by Crippen LogP contribution is 2.20. The van der Waals surface area contributed by atoms with Gasteiger partial charge in [0, 0.05) is 42.3 Å². The Hall–Kier alpha value is -1.88. The molecule has 1 aliphatic heterocycles. The SMILES string of the molecule is C[C@@H](Cc1cccs1)C(=O)N1CCC(Nc2cccnc2)CC1. The van der Waals surface area contributed by atoms with Crippen LogP contribution in [0.4, 0.5) is 5.69 Å². The van der Waals surface area contributed by atoms with E-state index in [1.165, 1.54) is 4.88 Å². The molecule has 0 radical (unpaired) electrons. The van der Waals surface area contributed by atoms with Gasteiger partial charge in [-0.2, -0.15) is 0 Å². The summed E-state index contributed by atoms with van der Waals surface area (Å²) in [6.45, 7) is 3.72. The second-order valence-electron chi connectivity index (χ2n) is 6.17. The predicted octanol–water partition coefficient (Wildman–Crippen LogP) is 3.42. The summed E-state index contributed by atoms with van der Waals surface area (Å²) < 4.78 is 0. The quantitative estimate of drug-likeness (QED) is 0.914. The van der Waals surface area contributed by atoms with E-state index in [2.05, 4.69) is 21.7 Å². The Labute approximate surface area is 141 Å². The van der Waals surface area contributed by atoms with Crippen molar-refractivity contribution in [1.29, 1.82) is 0 Å². The Kier molecular flexibility index (Phi) is 5.28. The van der Waals surface area contributed by atoms with Crippen LogP contribution in [0.25, 0.3) is 0 Å². The standard InChI is InChI=1S/C18H23N3OS/c1-14(12-17-5-3-11-23-17)18(22)21-9-6-15(7-10-21)20-16-4-2-8-19-13-16/h2-5,8,11,13-15,20H,6-7,9-10,12H2,1H3/t14-/m0/s1. The molecule has 5 heteroatoms. The highest BCUT2D eigenvalue weighted by Gasteiger charge is 2.26. The Morgan fingerprint density at radius 1 is 1.39 bits per heavy atom. The summed E-state index contributed by atoms with van der Waals surface area (Å²) in [6.07, 6.45) is 6.46. The van der Waals surface area contributed by atoms with E-state index in [1.54, 1.807) is 17.5 Å². The smallest absolute Gasteiger partial charge is 0.225 e. The lowest BCUT2D eigenvalue weighted by Gasteiger charge is -2.34. The molecule has 122 valence electrons. The van der Waals surface area contributed by atoms with Crippen LogP contribution in [0.1, 0.15) is 24.6 Å². The van der Waals surface area contributed by atoms with E-state index >= 15 is 0 Å². The Bertz CT molecular complexity index is 606. The van der Waals surface area contributed by atoms with Gasteiger partial charge >= 0.3 is 0 Å². The number of nitrogens with zero attached hydrogens (tertiary/aromatic N) is 2. The maximum atomic E-state index is 12.6. The monoisotopic (exact) mass is 329 g/mol. The van der Waals surface area contributed by atoms with Crippen LogP contribution in [-0.2, 0) is 11.2 Å². The van der Waals surface area contributed by atoms with E-state index < -0.39 is 0 Å². The maximum absolute atomic E-state index is 12.6.